The highest BCUT2D eigenvalue weighted by Gasteiger charge is 2.34. The van der Waals surface area contributed by atoms with Crippen LogP contribution < -0.4 is 10.6 Å². The van der Waals surface area contributed by atoms with E-state index in [0.717, 1.165) is 27.7 Å². The van der Waals surface area contributed by atoms with E-state index in [1.807, 2.05) is 71.8 Å². The van der Waals surface area contributed by atoms with Crippen LogP contribution in [0.1, 0.15) is 17.3 Å². The van der Waals surface area contributed by atoms with Crippen molar-refractivity contribution in [1.29, 1.82) is 5.26 Å². The third kappa shape index (κ3) is 2.99. The summed E-state index contributed by atoms with van der Waals surface area (Å²) in [5.41, 5.74) is 3.48. The van der Waals surface area contributed by atoms with Crippen molar-refractivity contribution in [2.75, 3.05) is 5.32 Å². The zero-order valence-electron chi connectivity index (χ0n) is 15.9. The number of fused-ring (bicyclic) bond motifs is 2. The number of hydrogen-bond donors (Lipinski definition) is 2. The summed E-state index contributed by atoms with van der Waals surface area (Å²) in [4.78, 5) is 19.4. The topological polar surface area (TPSA) is 81.0 Å². The van der Waals surface area contributed by atoms with Gasteiger partial charge in [-0.15, -0.1) is 0 Å². The Morgan fingerprint density at radius 2 is 2.07 bits per heavy atom. The number of aromatic nitrogens is 1. The molecule has 30 heavy (non-hydrogen) atoms. The molecule has 5 rings (SSSR count). The van der Waals surface area contributed by atoms with Gasteiger partial charge in [0, 0.05) is 35.1 Å². The predicted molar refractivity (Wildman–Crippen MR) is 115 cm³/mol. The van der Waals surface area contributed by atoms with Gasteiger partial charge in [-0.2, -0.15) is 5.26 Å². The van der Waals surface area contributed by atoms with Gasteiger partial charge in [0.25, 0.3) is 5.91 Å². The first kappa shape index (κ1) is 17.7. The summed E-state index contributed by atoms with van der Waals surface area (Å²) < 4.78 is 0. The molecule has 6 heteroatoms. The molecule has 3 heterocycles. The molecule has 0 aliphatic carbocycles. The van der Waals surface area contributed by atoms with Crippen LogP contribution in [0, 0.1) is 11.3 Å². The fourth-order valence-corrected chi connectivity index (χ4v) is 3.79. The lowest BCUT2D eigenvalue weighted by Crippen LogP contribution is -2.28. The van der Waals surface area contributed by atoms with Gasteiger partial charge in [0.15, 0.2) is 0 Å². The largest absolute Gasteiger partial charge is 0.355 e. The number of amides is 1. The van der Waals surface area contributed by atoms with Crippen LogP contribution in [-0.4, -0.2) is 15.8 Å². The van der Waals surface area contributed by atoms with Crippen molar-refractivity contribution < 1.29 is 4.79 Å². The van der Waals surface area contributed by atoms with Crippen LogP contribution in [0.2, 0.25) is 0 Å². The Balaban J connectivity index is 1.48. The number of nitriles is 1. The van der Waals surface area contributed by atoms with E-state index in [1.54, 1.807) is 18.5 Å². The Morgan fingerprint density at radius 1 is 1.17 bits per heavy atom. The van der Waals surface area contributed by atoms with E-state index >= 15 is 0 Å². The lowest BCUT2D eigenvalue weighted by Gasteiger charge is -2.26. The summed E-state index contributed by atoms with van der Waals surface area (Å²) in [6.07, 6.45) is 10.9. The molecule has 2 aliphatic rings. The van der Waals surface area contributed by atoms with Gasteiger partial charge in [0.05, 0.1) is 17.3 Å². The smallest absolute Gasteiger partial charge is 0.273 e. The molecule has 1 amide bonds. The Bertz CT molecular complexity index is 1290. The molecule has 2 aromatic carbocycles. The molecule has 0 saturated heterocycles. The third-order valence-corrected chi connectivity index (χ3v) is 5.19. The number of pyridine rings is 1. The Hall–Kier alpha value is -4.37. The first-order valence-electron chi connectivity index (χ1n) is 9.53. The summed E-state index contributed by atoms with van der Waals surface area (Å²) in [5.74, 6) is -0.224. The van der Waals surface area contributed by atoms with Crippen LogP contribution in [0.4, 0.5) is 5.69 Å². The van der Waals surface area contributed by atoms with E-state index < -0.39 is 0 Å². The van der Waals surface area contributed by atoms with E-state index in [9.17, 15) is 10.1 Å². The average molecular weight is 391 g/mol. The quantitative estimate of drug-likeness (QED) is 0.707. The SMILES string of the molecule is N#Cc1cccc(C2NC(C(=O)Nc3cccc4cnccc34)=C3C=CC=CN32)c1. The van der Waals surface area contributed by atoms with Gasteiger partial charge < -0.3 is 15.5 Å². The molecule has 2 aliphatic heterocycles. The summed E-state index contributed by atoms with van der Waals surface area (Å²) in [6, 6.07) is 17.2. The van der Waals surface area contributed by atoms with Crippen LogP contribution in [0.15, 0.2) is 96.7 Å². The lowest BCUT2D eigenvalue weighted by molar-refractivity contribution is -0.113. The van der Waals surface area contributed by atoms with E-state index in [4.69, 9.17) is 0 Å². The summed E-state index contributed by atoms with van der Waals surface area (Å²) in [7, 11) is 0. The first-order chi connectivity index (χ1) is 14.7. The molecule has 0 spiro atoms. The van der Waals surface area contributed by atoms with Crippen molar-refractivity contribution in [3.05, 3.63) is 108 Å². The molecule has 1 unspecified atom stereocenters. The second-order valence-electron chi connectivity index (χ2n) is 7.01. The number of nitrogens with one attached hydrogen (secondary N) is 2. The molecule has 3 aromatic rings. The van der Waals surface area contributed by atoms with Crippen molar-refractivity contribution >= 4 is 22.4 Å². The highest BCUT2D eigenvalue weighted by molar-refractivity contribution is 6.09. The molecule has 0 radical (unpaired) electrons. The van der Waals surface area contributed by atoms with E-state index in [0.29, 0.717) is 11.3 Å². The summed E-state index contributed by atoms with van der Waals surface area (Å²) >= 11 is 0. The number of rotatable bonds is 3. The second-order valence-corrected chi connectivity index (χ2v) is 7.01. The Morgan fingerprint density at radius 3 is 2.97 bits per heavy atom. The van der Waals surface area contributed by atoms with E-state index in [2.05, 4.69) is 21.7 Å². The number of anilines is 1. The molecular formula is C24H17N5O. The van der Waals surface area contributed by atoms with E-state index in [1.165, 1.54) is 0 Å². The zero-order valence-corrected chi connectivity index (χ0v) is 15.9. The van der Waals surface area contributed by atoms with Gasteiger partial charge in [-0.05, 0) is 42.0 Å². The molecule has 1 atom stereocenters. The van der Waals surface area contributed by atoms with Crippen LogP contribution in [-0.2, 0) is 4.79 Å². The van der Waals surface area contributed by atoms with Crippen LogP contribution in [0.3, 0.4) is 0 Å². The van der Waals surface area contributed by atoms with Gasteiger partial charge in [-0.3, -0.25) is 9.78 Å². The molecule has 1 aromatic heterocycles. The number of benzene rings is 2. The highest BCUT2D eigenvalue weighted by Crippen LogP contribution is 2.34. The van der Waals surface area contributed by atoms with Gasteiger partial charge in [-0.25, -0.2) is 0 Å². The number of carbonyl (C=O) groups is 1. The monoisotopic (exact) mass is 391 g/mol. The first-order valence-corrected chi connectivity index (χ1v) is 9.53. The molecular weight excluding hydrogens is 374 g/mol. The summed E-state index contributed by atoms with van der Waals surface area (Å²) in [5, 5.41) is 17.5. The Kier molecular flexibility index (Phi) is 4.26. The predicted octanol–water partition coefficient (Wildman–Crippen LogP) is 3.94. The van der Waals surface area contributed by atoms with Crippen LogP contribution >= 0.6 is 0 Å². The number of hydrogen-bond acceptors (Lipinski definition) is 5. The van der Waals surface area contributed by atoms with Crippen molar-refractivity contribution in [1.82, 2.24) is 15.2 Å². The minimum atomic E-state index is -0.271. The van der Waals surface area contributed by atoms with Crippen molar-refractivity contribution in [3.8, 4) is 6.07 Å². The van der Waals surface area contributed by atoms with Crippen LogP contribution in [0.25, 0.3) is 10.8 Å². The second kappa shape index (κ2) is 7.22. The fraction of sp³-hybridized carbons (Fsp3) is 0.0417. The third-order valence-electron chi connectivity index (χ3n) is 5.19. The molecule has 0 bridgehead atoms. The molecule has 0 saturated carbocycles. The maximum absolute atomic E-state index is 13.2. The normalized spacial score (nSPS) is 16.9. The minimum Gasteiger partial charge on any atom is -0.355 e. The molecule has 2 N–H and O–H groups in total. The van der Waals surface area contributed by atoms with Gasteiger partial charge in [0.2, 0.25) is 0 Å². The zero-order chi connectivity index (χ0) is 20.5. The average Bonchev–Trinajstić information content (AvgIpc) is 3.19. The van der Waals surface area contributed by atoms with E-state index in [-0.39, 0.29) is 12.1 Å². The number of carbonyl (C=O) groups excluding carboxylic acids is 1. The van der Waals surface area contributed by atoms with Gasteiger partial charge in [0.1, 0.15) is 11.9 Å². The fourth-order valence-electron chi connectivity index (χ4n) is 3.79. The van der Waals surface area contributed by atoms with Crippen LogP contribution in [0.5, 0.6) is 0 Å². The maximum Gasteiger partial charge on any atom is 0.273 e. The number of nitrogens with zero attached hydrogens (tertiary/aromatic N) is 3. The maximum atomic E-state index is 13.2. The van der Waals surface area contributed by atoms with Crippen molar-refractivity contribution in [3.63, 3.8) is 0 Å². The van der Waals surface area contributed by atoms with Gasteiger partial charge >= 0.3 is 0 Å². The highest BCUT2D eigenvalue weighted by atomic mass is 16.2. The molecule has 0 fully saturated rings. The van der Waals surface area contributed by atoms with Gasteiger partial charge in [-0.1, -0.05) is 30.3 Å². The minimum absolute atomic E-state index is 0.224. The summed E-state index contributed by atoms with van der Waals surface area (Å²) in [6.45, 7) is 0. The lowest BCUT2D eigenvalue weighted by atomic mass is 10.1. The molecule has 144 valence electrons. The van der Waals surface area contributed by atoms with Crippen molar-refractivity contribution in [2.24, 2.45) is 0 Å². The van der Waals surface area contributed by atoms with Crippen molar-refractivity contribution in [2.45, 2.75) is 6.17 Å². The molecule has 6 nitrogen and oxygen atoms in total. The standard InChI is InChI=1S/C24H17N5O/c25-14-16-5-3-6-17(13-16)23-28-22(21-9-1-2-12-29(21)23)24(30)27-20-8-4-7-18-15-26-11-10-19(18)20/h1-13,15,23,28H,(H,27,30). The number of allylic oxidation sites excluding steroid dienone is 3. The Labute approximate surface area is 173 Å².